The number of rotatable bonds is 9. The maximum atomic E-state index is 15.2. The van der Waals surface area contributed by atoms with Crippen molar-refractivity contribution in [2.45, 2.75) is 69.6 Å². The highest BCUT2D eigenvalue weighted by atomic mass is 19.1. The van der Waals surface area contributed by atoms with Crippen LogP contribution in [0.25, 0.3) is 11.1 Å². The number of hydrogen-bond acceptors (Lipinski definition) is 6. The average molecular weight is 587 g/mol. The van der Waals surface area contributed by atoms with Crippen molar-refractivity contribution in [3.8, 4) is 22.8 Å². The molecule has 8 heteroatoms. The van der Waals surface area contributed by atoms with Gasteiger partial charge in [-0.3, -0.25) is 9.69 Å². The van der Waals surface area contributed by atoms with E-state index in [0.29, 0.717) is 23.9 Å². The van der Waals surface area contributed by atoms with E-state index in [9.17, 15) is 9.90 Å². The second-order valence-corrected chi connectivity index (χ2v) is 12.9. The van der Waals surface area contributed by atoms with Gasteiger partial charge in [-0.1, -0.05) is 37.3 Å². The van der Waals surface area contributed by atoms with Crippen molar-refractivity contribution in [1.82, 2.24) is 9.88 Å². The molecular formula is C35H39FN2O5. The minimum absolute atomic E-state index is 0.00631. The number of nitrogens with zero attached hydrogens (tertiary/aromatic N) is 2. The van der Waals surface area contributed by atoms with Crippen LogP contribution < -0.4 is 9.47 Å². The summed E-state index contributed by atoms with van der Waals surface area (Å²) in [5.41, 5.74) is 5.70. The molecular weight excluding hydrogens is 547 g/mol. The fourth-order valence-corrected chi connectivity index (χ4v) is 7.46. The first-order valence-corrected chi connectivity index (χ1v) is 15.5. The highest BCUT2D eigenvalue weighted by Crippen LogP contribution is 2.48. The largest absolute Gasteiger partial charge is 0.485 e. The zero-order valence-electron chi connectivity index (χ0n) is 24.9. The third-order valence-electron chi connectivity index (χ3n) is 10.2. The Balaban J connectivity index is 1.21. The lowest BCUT2D eigenvalue weighted by molar-refractivity contribution is -0.142. The lowest BCUT2D eigenvalue weighted by atomic mass is 9.82. The van der Waals surface area contributed by atoms with Gasteiger partial charge in [0, 0.05) is 18.2 Å². The van der Waals surface area contributed by atoms with Gasteiger partial charge in [-0.2, -0.15) is 0 Å². The number of carbonyl (C=O) groups is 1. The van der Waals surface area contributed by atoms with Crippen LogP contribution in [0.15, 0.2) is 48.7 Å². The number of likely N-dealkylation sites (tertiary alicyclic amines) is 1. The number of ether oxygens (including phenoxy) is 3. The fraction of sp³-hybridized carbons (Fsp3) is 0.486. The molecule has 3 aromatic rings. The van der Waals surface area contributed by atoms with Crippen molar-refractivity contribution < 1.29 is 28.5 Å². The molecule has 1 N–H and O–H groups in total. The van der Waals surface area contributed by atoms with Crippen molar-refractivity contribution in [3.05, 3.63) is 76.7 Å². The molecule has 1 aliphatic carbocycles. The Morgan fingerprint density at radius 3 is 2.72 bits per heavy atom. The number of benzene rings is 2. The first kappa shape index (κ1) is 28.3. The normalized spacial score (nSPS) is 22.3. The lowest BCUT2D eigenvalue weighted by Gasteiger charge is -2.45. The van der Waals surface area contributed by atoms with E-state index in [1.807, 2.05) is 13.0 Å². The summed E-state index contributed by atoms with van der Waals surface area (Å²) in [4.78, 5) is 18.5. The second-order valence-electron chi connectivity index (χ2n) is 12.9. The zero-order chi connectivity index (χ0) is 29.7. The monoisotopic (exact) mass is 586 g/mol. The number of fused-ring (bicyclic) bond motifs is 1. The van der Waals surface area contributed by atoms with Crippen molar-refractivity contribution in [3.63, 3.8) is 0 Å². The predicted molar refractivity (Wildman–Crippen MR) is 160 cm³/mol. The van der Waals surface area contributed by atoms with Crippen LogP contribution in [0, 0.1) is 17.7 Å². The fourth-order valence-electron chi connectivity index (χ4n) is 7.46. The Kier molecular flexibility index (Phi) is 7.38. The van der Waals surface area contributed by atoms with Crippen molar-refractivity contribution >= 4 is 5.97 Å². The van der Waals surface area contributed by atoms with Crippen molar-refractivity contribution in [2.75, 3.05) is 26.9 Å². The van der Waals surface area contributed by atoms with Crippen LogP contribution in [0.3, 0.4) is 0 Å². The van der Waals surface area contributed by atoms with E-state index in [2.05, 4.69) is 40.2 Å². The molecule has 1 spiro atoms. The van der Waals surface area contributed by atoms with E-state index < -0.39 is 11.9 Å². The summed E-state index contributed by atoms with van der Waals surface area (Å²) in [6.07, 6.45) is 7.18. The maximum absolute atomic E-state index is 15.2. The predicted octanol–water partition coefficient (Wildman–Crippen LogP) is 6.54. The third kappa shape index (κ3) is 5.29. The number of carboxylic acid groups (broad SMARTS) is 1. The van der Waals surface area contributed by atoms with Crippen molar-refractivity contribution in [1.29, 1.82) is 0 Å². The summed E-state index contributed by atoms with van der Waals surface area (Å²) >= 11 is 0. The van der Waals surface area contributed by atoms with Gasteiger partial charge in [0.2, 0.25) is 5.88 Å². The molecule has 1 aromatic heterocycles. The number of pyridine rings is 1. The summed E-state index contributed by atoms with van der Waals surface area (Å²) in [5.74, 6) is 0.0571. The SMILES string of the molecule is COc1cc(-c2ccc([C@@H]3CCc4ccc([C@H](C5CC5)[C@H](C)C(=O)O)cc4O3)cc2CN2CCCC23COC3)c(F)cn1. The van der Waals surface area contributed by atoms with Gasteiger partial charge < -0.3 is 19.3 Å². The number of halogens is 1. The quantitative estimate of drug-likeness (QED) is 0.305. The Labute approximate surface area is 252 Å². The standard InChI is InChI=1S/C35H39FN2O5/c1-21(34(39)40)33(23-5-6-23)25-7-4-22-9-11-30(43-31(22)15-25)24-8-10-27(28-16-32(41-2)37-17-29(28)36)26(14-24)18-38-13-3-12-35(38)19-42-20-35/h4,7-8,10,14-17,21,23,30,33H,3,5-6,9,11-13,18-20H2,1-2H3,(H,39,40)/t21-,30-,33-/m0/s1. The minimum Gasteiger partial charge on any atom is -0.485 e. The molecule has 4 heterocycles. The maximum Gasteiger partial charge on any atom is 0.306 e. The molecule has 2 aromatic carbocycles. The molecule has 1 saturated carbocycles. The van der Waals surface area contributed by atoms with Gasteiger partial charge >= 0.3 is 5.97 Å². The van der Waals surface area contributed by atoms with E-state index in [0.717, 1.165) is 91.9 Å². The first-order chi connectivity index (χ1) is 20.8. The van der Waals surface area contributed by atoms with Gasteiger partial charge in [0.05, 0.1) is 38.0 Å². The molecule has 7 nitrogen and oxygen atoms in total. The van der Waals surface area contributed by atoms with Gasteiger partial charge in [0.15, 0.2) is 0 Å². The number of aromatic nitrogens is 1. The van der Waals surface area contributed by atoms with Gasteiger partial charge in [-0.15, -0.1) is 0 Å². The number of hydrogen-bond donors (Lipinski definition) is 1. The zero-order valence-corrected chi connectivity index (χ0v) is 24.9. The van der Waals surface area contributed by atoms with E-state index in [-0.39, 0.29) is 23.4 Å². The molecule has 7 rings (SSSR count). The number of carboxylic acids is 1. The molecule has 43 heavy (non-hydrogen) atoms. The molecule has 0 unspecified atom stereocenters. The van der Waals surface area contributed by atoms with E-state index >= 15 is 4.39 Å². The van der Waals surface area contributed by atoms with Gasteiger partial charge in [0.1, 0.15) is 17.7 Å². The smallest absolute Gasteiger partial charge is 0.306 e. The lowest BCUT2D eigenvalue weighted by Crippen LogP contribution is -2.58. The number of aryl methyl sites for hydroxylation is 1. The van der Waals surface area contributed by atoms with Crippen LogP contribution in [0.1, 0.15) is 73.3 Å². The Morgan fingerprint density at radius 2 is 2.00 bits per heavy atom. The molecule has 226 valence electrons. The van der Waals surface area contributed by atoms with Crippen molar-refractivity contribution in [2.24, 2.45) is 11.8 Å². The van der Waals surface area contributed by atoms with Crippen LogP contribution in [0.4, 0.5) is 4.39 Å². The third-order valence-corrected chi connectivity index (χ3v) is 10.2. The summed E-state index contributed by atoms with van der Waals surface area (Å²) < 4.78 is 32.8. The van der Waals surface area contributed by atoms with Gasteiger partial charge in [-0.25, -0.2) is 9.37 Å². The average Bonchev–Trinajstić information content (AvgIpc) is 3.74. The molecule has 0 radical (unpaired) electrons. The number of methoxy groups -OCH3 is 1. The second kappa shape index (κ2) is 11.2. The summed E-state index contributed by atoms with van der Waals surface area (Å²) in [7, 11) is 1.54. The molecule has 3 aliphatic heterocycles. The molecule has 4 aliphatic rings. The van der Waals surface area contributed by atoms with Crippen LogP contribution in [-0.2, 0) is 22.5 Å². The summed E-state index contributed by atoms with van der Waals surface area (Å²) in [5, 5.41) is 9.77. The first-order valence-electron chi connectivity index (χ1n) is 15.5. The number of aliphatic carboxylic acids is 1. The highest BCUT2D eigenvalue weighted by Gasteiger charge is 2.47. The summed E-state index contributed by atoms with van der Waals surface area (Å²) in [6, 6.07) is 14.2. The highest BCUT2D eigenvalue weighted by molar-refractivity contribution is 5.71. The Morgan fingerprint density at radius 1 is 1.16 bits per heavy atom. The van der Waals surface area contributed by atoms with E-state index in [4.69, 9.17) is 14.2 Å². The Bertz CT molecular complexity index is 1530. The van der Waals surface area contributed by atoms with Crippen LogP contribution >= 0.6 is 0 Å². The molecule has 0 bridgehead atoms. The van der Waals surface area contributed by atoms with E-state index in [1.54, 1.807) is 6.07 Å². The van der Waals surface area contributed by atoms with Crippen LogP contribution in [0.2, 0.25) is 0 Å². The molecule has 3 fully saturated rings. The van der Waals surface area contributed by atoms with Crippen LogP contribution in [0.5, 0.6) is 11.6 Å². The Hall–Kier alpha value is -3.49. The molecule has 2 saturated heterocycles. The van der Waals surface area contributed by atoms with Gasteiger partial charge in [0.25, 0.3) is 0 Å². The molecule has 3 atom stereocenters. The summed E-state index contributed by atoms with van der Waals surface area (Å²) in [6.45, 7) is 4.99. The topological polar surface area (TPSA) is 81.1 Å². The van der Waals surface area contributed by atoms with E-state index in [1.165, 1.54) is 13.3 Å². The minimum atomic E-state index is -0.752. The molecule has 0 amide bonds. The van der Waals surface area contributed by atoms with Crippen LogP contribution in [-0.4, -0.2) is 53.4 Å². The van der Waals surface area contributed by atoms with Gasteiger partial charge in [-0.05, 0) is 90.8 Å².